The zero-order valence-corrected chi connectivity index (χ0v) is 17.5. The van der Waals surface area contributed by atoms with Crippen LogP contribution in [-0.4, -0.2) is 31.8 Å². The van der Waals surface area contributed by atoms with Gasteiger partial charge in [0.25, 0.3) is 0 Å². The highest BCUT2D eigenvalue weighted by Gasteiger charge is 2.30. The summed E-state index contributed by atoms with van der Waals surface area (Å²) in [4.78, 5) is 24.5. The number of methoxy groups -OCH3 is 1. The first-order valence-corrected chi connectivity index (χ1v) is 9.99. The molecule has 0 fully saturated rings. The molecule has 1 amide bonds. The van der Waals surface area contributed by atoms with Gasteiger partial charge in [-0.2, -0.15) is 0 Å². The number of hydrogen-bond acceptors (Lipinski definition) is 4. The third-order valence-electron chi connectivity index (χ3n) is 5.30. The second-order valence-electron chi connectivity index (χ2n) is 8.64. The number of benzene rings is 2. The van der Waals surface area contributed by atoms with Gasteiger partial charge in [-0.25, -0.2) is 9.59 Å². The van der Waals surface area contributed by atoms with E-state index in [1.807, 2.05) is 24.3 Å². The average Bonchev–Trinajstić information content (AvgIpc) is 3.02. The van der Waals surface area contributed by atoms with Gasteiger partial charge in [-0.3, -0.25) is 0 Å². The van der Waals surface area contributed by atoms with Gasteiger partial charge in [0.05, 0.1) is 7.11 Å². The summed E-state index contributed by atoms with van der Waals surface area (Å²) >= 11 is 0. The summed E-state index contributed by atoms with van der Waals surface area (Å²) in [6.07, 6.45) is 0.674. The Hall–Kier alpha value is -2.82. The molecule has 0 heterocycles. The van der Waals surface area contributed by atoms with Crippen LogP contribution in [0.2, 0.25) is 0 Å². The molecule has 0 spiro atoms. The zero-order valence-electron chi connectivity index (χ0n) is 17.5. The van der Waals surface area contributed by atoms with Crippen molar-refractivity contribution in [2.24, 2.45) is 5.41 Å². The van der Waals surface area contributed by atoms with Crippen molar-refractivity contribution < 1.29 is 19.1 Å². The third-order valence-corrected chi connectivity index (χ3v) is 5.30. The van der Waals surface area contributed by atoms with Crippen LogP contribution in [0.5, 0.6) is 0 Å². The molecule has 3 rings (SSSR count). The molecule has 1 aliphatic rings. The Labute approximate surface area is 172 Å². The summed E-state index contributed by atoms with van der Waals surface area (Å²) < 4.78 is 10.4. The minimum absolute atomic E-state index is 0.0145. The first-order chi connectivity index (χ1) is 13.8. The van der Waals surface area contributed by atoms with E-state index in [-0.39, 0.29) is 17.9 Å². The molecule has 2 aromatic carbocycles. The minimum atomic E-state index is -0.713. The van der Waals surface area contributed by atoms with E-state index in [1.165, 1.54) is 18.2 Å². The van der Waals surface area contributed by atoms with E-state index in [1.54, 1.807) is 0 Å². The fourth-order valence-electron chi connectivity index (χ4n) is 3.75. The molecule has 0 unspecified atom stereocenters. The highest BCUT2D eigenvalue weighted by atomic mass is 16.6. The van der Waals surface area contributed by atoms with Gasteiger partial charge in [-0.1, -0.05) is 69.3 Å². The summed E-state index contributed by atoms with van der Waals surface area (Å²) in [5.41, 5.74) is 4.71. The van der Waals surface area contributed by atoms with Crippen LogP contribution < -0.4 is 5.32 Å². The standard InChI is InChI=1S/C24H29NO4/c1-24(2,3)14-13-21(22(26)28-4)25-23(27)29-15-20-18-11-7-5-9-16(18)17-10-6-8-12-19(17)20/h5-12,20-21H,13-15H2,1-4H3,(H,25,27)/t21-/m0/s1. The summed E-state index contributed by atoms with van der Waals surface area (Å²) in [6.45, 7) is 6.49. The number of hydrogen-bond donors (Lipinski definition) is 1. The van der Waals surface area contributed by atoms with E-state index in [4.69, 9.17) is 9.47 Å². The first-order valence-electron chi connectivity index (χ1n) is 9.99. The second kappa shape index (κ2) is 8.68. The molecule has 1 aliphatic carbocycles. The van der Waals surface area contributed by atoms with E-state index < -0.39 is 18.1 Å². The van der Waals surface area contributed by atoms with Crippen molar-refractivity contribution in [1.29, 1.82) is 0 Å². The first kappa shape index (κ1) is 20.9. The van der Waals surface area contributed by atoms with Gasteiger partial charge in [-0.15, -0.1) is 0 Å². The van der Waals surface area contributed by atoms with E-state index in [2.05, 4.69) is 50.4 Å². The maximum absolute atomic E-state index is 12.4. The number of fused-ring (bicyclic) bond motifs is 3. The van der Waals surface area contributed by atoms with Gasteiger partial charge in [0.15, 0.2) is 0 Å². The summed E-state index contributed by atoms with van der Waals surface area (Å²) in [6, 6.07) is 15.6. The molecule has 0 aliphatic heterocycles. The molecule has 2 aromatic rings. The molecule has 0 saturated heterocycles. The molecule has 1 N–H and O–H groups in total. The molecule has 0 saturated carbocycles. The number of esters is 1. The Kier molecular flexibility index (Phi) is 6.26. The van der Waals surface area contributed by atoms with Crippen molar-refractivity contribution in [1.82, 2.24) is 5.32 Å². The third kappa shape index (κ3) is 4.97. The van der Waals surface area contributed by atoms with Gasteiger partial charge >= 0.3 is 12.1 Å². The maximum atomic E-state index is 12.4. The molecular formula is C24H29NO4. The van der Waals surface area contributed by atoms with Gasteiger partial charge in [0.2, 0.25) is 0 Å². The summed E-state index contributed by atoms with van der Waals surface area (Å²) in [5.74, 6) is -0.470. The topological polar surface area (TPSA) is 64.6 Å². The quantitative estimate of drug-likeness (QED) is 0.707. The minimum Gasteiger partial charge on any atom is -0.467 e. The van der Waals surface area contributed by atoms with Gasteiger partial charge in [0.1, 0.15) is 12.6 Å². The van der Waals surface area contributed by atoms with Gasteiger partial charge in [-0.05, 0) is 40.5 Å². The Bertz CT molecular complexity index is 839. The second-order valence-corrected chi connectivity index (χ2v) is 8.64. The highest BCUT2D eigenvalue weighted by Crippen LogP contribution is 2.44. The number of nitrogens with one attached hydrogen (secondary N) is 1. The molecule has 1 atom stereocenters. The number of carbonyl (C=O) groups excluding carboxylic acids is 2. The number of alkyl carbamates (subject to hydrolysis) is 1. The number of rotatable bonds is 6. The molecule has 0 bridgehead atoms. The molecular weight excluding hydrogens is 366 g/mol. The van der Waals surface area contributed by atoms with Crippen molar-refractivity contribution in [2.45, 2.75) is 45.6 Å². The van der Waals surface area contributed by atoms with Crippen molar-refractivity contribution in [3.63, 3.8) is 0 Å². The molecule has 154 valence electrons. The van der Waals surface area contributed by atoms with Crippen LogP contribution in [0.4, 0.5) is 4.79 Å². The van der Waals surface area contributed by atoms with Crippen LogP contribution in [-0.2, 0) is 14.3 Å². The lowest BCUT2D eigenvalue weighted by Crippen LogP contribution is -2.42. The molecule has 0 radical (unpaired) electrons. The number of amides is 1. The molecule has 29 heavy (non-hydrogen) atoms. The smallest absolute Gasteiger partial charge is 0.407 e. The molecule has 5 nitrogen and oxygen atoms in total. The Morgan fingerprint density at radius 2 is 1.55 bits per heavy atom. The Balaban J connectivity index is 1.66. The van der Waals surface area contributed by atoms with Crippen molar-refractivity contribution >= 4 is 12.1 Å². The van der Waals surface area contributed by atoms with Crippen molar-refractivity contribution in [3.05, 3.63) is 59.7 Å². The maximum Gasteiger partial charge on any atom is 0.407 e. The van der Waals surface area contributed by atoms with Crippen LogP contribution in [0.1, 0.15) is 50.7 Å². The van der Waals surface area contributed by atoms with E-state index in [0.717, 1.165) is 17.5 Å². The average molecular weight is 395 g/mol. The van der Waals surface area contributed by atoms with E-state index in [0.29, 0.717) is 6.42 Å². The van der Waals surface area contributed by atoms with Gasteiger partial charge in [0, 0.05) is 5.92 Å². The predicted molar refractivity (Wildman–Crippen MR) is 113 cm³/mol. The largest absolute Gasteiger partial charge is 0.467 e. The molecule has 0 aromatic heterocycles. The predicted octanol–water partition coefficient (Wildman–Crippen LogP) is 4.89. The number of carbonyl (C=O) groups is 2. The lowest BCUT2D eigenvalue weighted by molar-refractivity contribution is -0.143. The van der Waals surface area contributed by atoms with E-state index >= 15 is 0 Å². The molecule has 5 heteroatoms. The summed E-state index contributed by atoms with van der Waals surface area (Å²) in [5, 5.41) is 2.68. The van der Waals surface area contributed by atoms with Gasteiger partial charge < -0.3 is 14.8 Å². The Morgan fingerprint density at radius 3 is 2.07 bits per heavy atom. The van der Waals surface area contributed by atoms with Crippen LogP contribution in [0.3, 0.4) is 0 Å². The Morgan fingerprint density at radius 1 is 1.00 bits per heavy atom. The summed E-state index contributed by atoms with van der Waals surface area (Å²) in [7, 11) is 1.33. The lowest BCUT2D eigenvalue weighted by Gasteiger charge is -2.22. The fourth-order valence-corrected chi connectivity index (χ4v) is 3.75. The van der Waals surface area contributed by atoms with Crippen LogP contribution in [0.25, 0.3) is 11.1 Å². The normalized spacial score (nSPS) is 13.9. The SMILES string of the molecule is COC(=O)[C@H](CCC(C)(C)C)NC(=O)OCC1c2ccccc2-c2ccccc21. The van der Waals surface area contributed by atoms with Crippen molar-refractivity contribution in [2.75, 3.05) is 13.7 Å². The van der Waals surface area contributed by atoms with E-state index in [9.17, 15) is 9.59 Å². The van der Waals surface area contributed by atoms with Crippen LogP contribution in [0.15, 0.2) is 48.5 Å². The van der Waals surface area contributed by atoms with Crippen molar-refractivity contribution in [3.8, 4) is 11.1 Å². The fraction of sp³-hybridized carbons (Fsp3) is 0.417. The zero-order chi connectivity index (χ0) is 21.0. The lowest BCUT2D eigenvalue weighted by atomic mass is 9.89. The highest BCUT2D eigenvalue weighted by molar-refractivity contribution is 5.82. The number of ether oxygens (including phenoxy) is 2. The van der Waals surface area contributed by atoms with Crippen LogP contribution >= 0.6 is 0 Å². The van der Waals surface area contributed by atoms with Crippen LogP contribution in [0, 0.1) is 5.41 Å². The monoisotopic (exact) mass is 395 g/mol.